The van der Waals surface area contributed by atoms with Crippen LogP contribution in [0.2, 0.25) is 5.02 Å². The summed E-state index contributed by atoms with van der Waals surface area (Å²) < 4.78 is 33.9. The standard InChI is InChI=1S/C28H33ClN2O4S/c1-18(2)23-16-24(19(3)15-27(23)35-6)21(5)30-28(32)17-31(26-14-10-13-25(29)20(26)4)36(33,34)22-11-8-7-9-12-22/h7-16,18,21H,17H2,1-6H3,(H,30,32). The van der Waals surface area contributed by atoms with Crippen LogP contribution < -0.4 is 14.4 Å². The summed E-state index contributed by atoms with van der Waals surface area (Å²) in [6, 6.07) is 16.7. The van der Waals surface area contributed by atoms with Crippen molar-refractivity contribution in [3.8, 4) is 5.75 Å². The second-order valence-electron chi connectivity index (χ2n) is 9.10. The first-order valence-electron chi connectivity index (χ1n) is 11.8. The molecule has 1 amide bonds. The number of hydrogen-bond donors (Lipinski definition) is 1. The first-order valence-corrected chi connectivity index (χ1v) is 13.6. The van der Waals surface area contributed by atoms with E-state index in [0.717, 1.165) is 26.7 Å². The van der Waals surface area contributed by atoms with Crippen molar-refractivity contribution >= 4 is 33.2 Å². The number of rotatable bonds is 9. The normalized spacial score (nSPS) is 12.3. The fourth-order valence-electron chi connectivity index (χ4n) is 4.19. The number of ether oxygens (including phenoxy) is 1. The highest BCUT2D eigenvalue weighted by Gasteiger charge is 2.29. The van der Waals surface area contributed by atoms with Gasteiger partial charge in [-0.15, -0.1) is 0 Å². The van der Waals surface area contributed by atoms with E-state index in [1.807, 2.05) is 26.0 Å². The van der Waals surface area contributed by atoms with Gasteiger partial charge in [0, 0.05) is 5.02 Å². The maximum absolute atomic E-state index is 13.6. The molecule has 6 nitrogen and oxygen atoms in total. The topological polar surface area (TPSA) is 75.7 Å². The lowest BCUT2D eigenvalue weighted by molar-refractivity contribution is -0.120. The van der Waals surface area contributed by atoms with Crippen LogP contribution >= 0.6 is 11.6 Å². The number of methoxy groups -OCH3 is 1. The van der Waals surface area contributed by atoms with Crippen LogP contribution in [-0.4, -0.2) is 28.0 Å². The van der Waals surface area contributed by atoms with Gasteiger partial charge in [-0.2, -0.15) is 0 Å². The quantitative estimate of drug-likeness (QED) is 0.361. The molecule has 0 spiro atoms. The number of anilines is 1. The Morgan fingerprint density at radius 2 is 1.67 bits per heavy atom. The van der Waals surface area contributed by atoms with E-state index in [1.54, 1.807) is 50.4 Å². The molecule has 8 heteroatoms. The molecule has 0 aliphatic carbocycles. The van der Waals surface area contributed by atoms with Gasteiger partial charge in [0.15, 0.2) is 0 Å². The van der Waals surface area contributed by atoms with Crippen LogP contribution in [0.25, 0.3) is 0 Å². The minimum Gasteiger partial charge on any atom is -0.496 e. The van der Waals surface area contributed by atoms with E-state index in [2.05, 4.69) is 19.2 Å². The predicted molar refractivity (Wildman–Crippen MR) is 146 cm³/mol. The van der Waals surface area contributed by atoms with Crippen molar-refractivity contribution in [3.05, 3.63) is 87.9 Å². The Morgan fingerprint density at radius 3 is 2.28 bits per heavy atom. The third-order valence-corrected chi connectivity index (χ3v) is 8.39. The van der Waals surface area contributed by atoms with Crippen LogP contribution in [0, 0.1) is 13.8 Å². The van der Waals surface area contributed by atoms with Gasteiger partial charge in [-0.25, -0.2) is 8.42 Å². The summed E-state index contributed by atoms with van der Waals surface area (Å²) in [5, 5.41) is 3.40. The largest absolute Gasteiger partial charge is 0.496 e. The van der Waals surface area contributed by atoms with Gasteiger partial charge >= 0.3 is 0 Å². The van der Waals surface area contributed by atoms with Gasteiger partial charge in [0.05, 0.1) is 23.7 Å². The Bertz CT molecular complexity index is 1340. The van der Waals surface area contributed by atoms with Gasteiger partial charge < -0.3 is 10.1 Å². The van der Waals surface area contributed by atoms with Crippen molar-refractivity contribution < 1.29 is 17.9 Å². The average molecular weight is 529 g/mol. The third kappa shape index (κ3) is 5.85. The Morgan fingerprint density at radius 1 is 1.00 bits per heavy atom. The molecular formula is C28H33ClN2O4S. The Hall–Kier alpha value is -3.03. The predicted octanol–water partition coefficient (Wildman–Crippen LogP) is 6.16. The molecule has 0 fully saturated rings. The summed E-state index contributed by atoms with van der Waals surface area (Å²) in [7, 11) is -2.38. The van der Waals surface area contributed by atoms with Crippen molar-refractivity contribution in [1.29, 1.82) is 0 Å². The zero-order chi connectivity index (χ0) is 26.6. The Kier molecular flexibility index (Phi) is 8.69. The molecular weight excluding hydrogens is 496 g/mol. The number of nitrogens with zero attached hydrogens (tertiary/aromatic N) is 1. The van der Waals surface area contributed by atoms with Crippen LogP contribution in [0.5, 0.6) is 5.75 Å². The third-order valence-electron chi connectivity index (χ3n) is 6.21. The van der Waals surface area contributed by atoms with E-state index in [1.165, 1.54) is 12.1 Å². The molecule has 36 heavy (non-hydrogen) atoms. The number of halogens is 1. The van der Waals surface area contributed by atoms with Crippen molar-refractivity contribution in [1.82, 2.24) is 5.32 Å². The molecule has 0 saturated carbocycles. The van der Waals surface area contributed by atoms with Crippen LogP contribution in [0.1, 0.15) is 55.0 Å². The molecule has 192 valence electrons. The van der Waals surface area contributed by atoms with Crippen LogP contribution in [0.3, 0.4) is 0 Å². The van der Waals surface area contributed by atoms with Crippen LogP contribution in [-0.2, 0) is 14.8 Å². The maximum atomic E-state index is 13.6. The number of carbonyl (C=O) groups excluding carboxylic acids is 1. The molecule has 3 aromatic rings. The summed E-state index contributed by atoms with van der Waals surface area (Å²) in [5.74, 6) is 0.614. The molecule has 1 N–H and O–H groups in total. The van der Waals surface area contributed by atoms with E-state index < -0.39 is 22.5 Å². The monoisotopic (exact) mass is 528 g/mol. The Labute approximate surface area is 219 Å². The number of carbonyl (C=O) groups is 1. The second-order valence-corrected chi connectivity index (χ2v) is 11.4. The lowest BCUT2D eigenvalue weighted by atomic mass is 9.93. The molecule has 0 saturated heterocycles. The van der Waals surface area contributed by atoms with Gasteiger partial charge in [0.25, 0.3) is 10.0 Å². The highest BCUT2D eigenvalue weighted by Crippen LogP contribution is 2.33. The lowest BCUT2D eigenvalue weighted by Crippen LogP contribution is -2.42. The molecule has 0 bridgehead atoms. The minimum absolute atomic E-state index is 0.0952. The van der Waals surface area contributed by atoms with Gasteiger partial charge in [-0.1, -0.05) is 49.7 Å². The first kappa shape index (κ1) is 27.6. The van der Waals surface area contributed by atoms with E-state index in [0.29, 0.717) is 16.3 Å². The summed E-state index contributed by atoms with van der Waals surface area (Å²) >= 11 is 6.31. The molecule has 0 aromatic heterocycles. The summed E-state index contributed by atoms with van der Waals surface area (Å²) in [6.45, 7) is 9.36. The van der Waals surface area contributed by atoms with E-state index >= 15 is 0 Å². The molecule has 0 aliphatic heterocycles. The van der Waals surface area contributed by atoms with Gasteiger partial charge in [-0.3, -0.25) is 9.10 Å². The number of amides is 1. The number of aryl methyl sites for hydroxylation is 1. The first-order chi connectivity index (χ1) is 17.0. The SMILES string of the molecule is COc1cc(C)c(C(C)NC(=O)CN(c2cccc(Cl)c2C)S(=O)(=O)c2ccccc2)cc1C(C)C. The average Bonchev–Trinajstić information content (AvgIpc) is 2.84. The number of nitrogens with one attached hydrogen (secondary N) is 1. The maximum Gasteiger partial charge on any atom is 0.264 e. The van der Waals surface area contributed by atoms with Crippen molar-refractivity contribution in [2.75, 3.05) is 18.0 Å². The van der Waals surface area contributed by atoms with Gasteiger partial charge in [0.1, 0.15) is 12.3 Å². The molecule has 1 atom stereocenters. The number of hydrogen-bond acceptors (Lipinski definition) is 4. The van der Waals surface area contributed by atoms with Crippen molar-refractivity contribution in [2.24, 2.45) is 0 Å². The smallest absolute Gasteiger partial charge is 0.264 e. The number of benzene rings is 3. The Balaban J connectivity index is 1.95. The molecule has 0 radical (unpaired) electrons. The van der Waals surface area contributed by atoms with Gasteiger partial charge in [-0.05, 0) is 85.3 Å². The highest BCUT2D eigenvalue weighted by atomic mass is 35.5. The van der Waals surface area contributed by atoms with E-state index in [9.17, 15) is 13.2 Å². The zero-order valence-electron chi connectivity index (χ0n) is 21.5. The van der Waals surface area contributed by atoms with Crippen LogP contribution in [0.4, 0.5) is 5.69 Å². The zero-order valence-corrected chi connectivity index (χ0v) is 23.1. The minimum atomic E-state index is -4.03. The highest BCUT2D eigenvalue weighted by molar-refractivity contribution is 7.92. The van der Waals surface area contributed by atoms with Gasteiger partial charge in [0.2, 0.25) is 5.91 Å². The van der Waals surface area contributed by atoms with Crippen molar-refractivity contribution in [3.63, 3.8) is 0 Å². The van der Waals surface area contributed by atoms with E-state index in [4.69, 9.17) is 16.3 Å². The summed E-state index contributed by atoms with van der Waals surface area (Å²) in [4.78, 5) is 13.4. The number of sulfonamides is 1. The van der Waals surface area contributed by atoms with E-state index in [-0.39, 0.29) is 16.9 Å². The van der Waals surface area contributed by atoms with Crippen LogP contribution in [0.15, 0.2) is 65.6 Å². The second kappa shape index (κ2) is 11.4. The summed E-state index contributed by atoms with van der Waals surface area (Å²) in [5.41, 5.74) is 3.90. The molecule has 0 heterocycles. The molecule has 1 unspecified atom stereocenters. The van der Waals surface area contributed by atoms with Crippen molar-refractivity contribution in [2.45, 2.75) is 51.5 Å². The summed E-state index contributed by atoms with van der Waals surface area (Å²) in [6.07, 6.45) is 0. The molecule has 3 aromatic carbocycles. The lowest BCUT2D eigenvalue weighted by Gasteiger charge is -2.27. The fraction of sp³-hybridized carbons (Fsp3) is 0.321. The molecule has 3 rings (SSSR count). The molecule has 0 aliphatic rings. The fourth-order valence-corrected chi connectivity index (χ4v) is 5.86.